The Labute approximate surface area is 215 Å². The van der Waals surface area contributed by atoms with Gasteiger partial charge in [0.25, 0.3) is 11.5 Å². The lowest BCUT2D eigenvalue weighted by Gasteiger charge is -2.38. The highest BCUT2D eigenvalue weighted by Crippen LogP contribution is 2.43. The molecule has 3 aliphatic heterocycles. The van der Waals surface area contributed by atoms with Crippen molar-refractivity contribution in [2.75, 3.05) is 12.8 Å². The highest BCUT2D eigenvalue weighted by atomic mass is 32.2. The van der Waals surface area contributed by atoms with Crippen LogP contribution in [-0.4, -0.2) is 53.8 Å². The SMILES string of the molecule is CS(=O)N1CCCC1C(=O)NC12CCC(CC1)Cn1c2nc(C(=O)NCc2ccc(F)cc2)c(O)c1=O. The summed E-state index contributed by atoms with van der Waals surface area (Å²) in [7, 11) is -1.29. The molecule has 4 heterocycles. The van der Waals surface area contributed by atoms with Crippen molar-refractivity contribution in [1.29, 1.82) is 0 Å². The Morgan fingerprint density at radius 2 is 1.92 bits per heavy atom. The van der Waals surface area contributed by atoms with E-state index in [1.807, 2.05) is 0 Å². The van der Waals surface area contributed by atoms with Gasteiger partial charge >= 0.3 is 0 Å². The number of benzene rings is 1. The molecule has 10 nitrogen and oxygen atoms in total. The summed E-state index contributed by atoms with van der Waals surface area (Å²) >= 11 is 0. The number of nitrogens with zero attached hydrogens (tertiary/aromatic N) is 3. The molecular formula is C25H30FN5O5S. The van der Waals surface area contributed by atoms with Crippen molar-refractivity contribution in [1.82, 2.24) is 24.5 Å². The van der Waals surface area contributed by atoms with E-state index in [1.54, 1.807) is 10.6 Å². The Hall–Kier alpha value is -3.12. The van der Waals surface area contributed by atoms with E-state index < -0.39 is 51.3 Å². The summed E-state index contributed by atoms with van der Waals surface area (Å²) in [5, 5.41) is 16.4. The summed E-state index contributed by atoms with van der Waals surface area (Å²) in [5.74, 6) is -1.71. The van der Waals surface area contributed by atoms with Crippen molar-refractivity contribution in [2.24, 2.45) is 5.92 Å². The maximum Gasteiger partial charge on any atom is 0.296 e. The molecule has 2 unspecified atom stereocenters. The lowest BCUT2D eigenvalue weighted by Crippen LogP contribution is -2.54. The third kappa shape index (κ3) is 4.79. The van der Waals surface area contributed by atoms with Gasteiger partial charge in [0.15, 0.2) is 5.69 Å². The quantitative estimate of drug-likeness (QED) is 0.515. The molecular weight excluding hydrogens is 501 g/mol. The molecule has 2 fully saturated rings. The molecule has 1 aliphatic carbocycles. The minimum atomic E-state index is -1.29. The first kappa shape index (κ1) is 25.5. The number of carbonyl (C=O) groups is 2. The number of nitrogens with one attached hydrogen (secondary N) is 2. The van der Waals surface area contributed by atoms with Crippen molar-refractivity contribution < 1.29 is 23.3 Å². The Morgan fingerprint density at radius 1 is 1.22 bits per heavy atom. The Kier molecular flexibility index (Phi) is 6.88. The molecule has 6 rings (SSSR count). The van der Waals surface area contributed by atoms with Gasteiger partial charge in [-0.05, 0) is 62.1 Å². The van der Waals surface area contributed by atoms with Crippen LogP contribution in [0.25, 0.3) is 0 Å². The van der Waals surface area contributed by atoms with Gasteiger partial charge in [0.2, 0.25) is 11.7 Å². The number of fused-ring (bicyclic) bond motifs is 2. The molecule has 3 N–H and O–H groups in total. The summed E-state index contributed by atoms with van der Waals surface area (Å²) < 4.78 is 28.4. The molecule has 37 heavy (non-hydrogen) atoms. The summed E-state index contributed by atoms with van der Waals surface area (Å²) in [5.41, 5.74) is -1.47. The number of amides is 2. The van der Waals surface area contributed by atoms with E-state index >= 15 is 0 Å². The van der Waals surface area contributed by atoms with Crippen LogP contribution in [0.3, 0.4) is 0 Å². The van der Waals surface area contributed by atoms with Gasteiger partial charge in [-0.3, -0.25) is 19.0 Å². The minimum absolute atomic E-state index is 0.0499. The largest absolute Gasteiger partial charge is 0.501 e. The third-order valence-corrected chi connectivity index (χ3v) is 8.85. The maximum absolute atomic E-state index is 13.4. The predicted molar refractivity (Wildman–Crippen MR) is 133 cm³/mol. The third-order valence-electron chi connectivity index (χ3n) is 7.75. The van der Waals surface area contributed by atoms with Crippen LogP contribution in [0.15, 0.2) is 29.1 Å². The average molecular weight is 532 g/mol. The molecule has 2 bridgehead atoms. The van der Waals surface area contributed by atoms with Crippen LogP contribution in [0, 0.1) is 11.7 Å². The smallest absolute Gasteiger partial charge is 0.296 e. The van der Waals surface area contributed by atoms with Crippen LogP contribution in [-0.2, 0) is 34.4 Å². The molecule has 1 aromatic carbocycles. The molecule has 2 amide bonds. The molecule has 1 saturated heterocycles. The van der Waals surface area contributed by atoms with Gasteiger partial charge < -0.3 is 15.7 Å². The van der Waals surface area contributed by atoms with Crippen molar-refractivity contribution in [3.8, 4) is 5.75 Å². The number of halogens is 1. The average Bonchev–Trinajstić information content (AvgIpc) is 3.27. The number of rotatable bonds is 6. The van der Waals surface area contributed by atoms with Gasteiger partial charge in [-0.25, -0.2) is 17.9 Å². The van der Waals surface area contributed by atoms with Gasteiger partial charge in [-0.1, -0.05) is 12.1 Å². The monoisotopic (exact) mass is 531 g/mol. The summed E-state index contributed by atoms with van der Waals surface area (Å²) in [6.45, 7) is 0.962. The normalized spacial score (nSPS) is 25.8. The van der Waals surface area contributed by atoms with E-state index in [9.17, 15) is 28.1 Å². The maximum atomic E-state index is 13.4. The van der Waals surface area contributed by atoms with Gasteiger partial charge in [0, 0.05) is 25.9 Å². The molecule has 1 aromatic heterocycles. The first-order chi connectivity index (χ1) is 17.7. The second-order valence-electron chi connectivity index (χ2n) is 10.1. The van der Waals surface area contributed by atoms with Crippen LogP contribution in [0.5, 0.6) is 5.75 Å². The number of aromatic nitrogens is 2. The van der Waals surface area contributed by atoms with Crippen molar-refractivity contribution in [3.05, 3.63) is 57.5 Å². The van der Waals surface area contributed by atoms with E-state index in [1.165, 1.54) is 28.8 Å². The second kappa shape index (κ2) is 9.97. The van der Waals surface area contributed by atoms with Gasteiger partial charge in [0.1, 0.15) is 17.7 Å². The standard InChI is InChI=1S/C25H30FN5O5S/c1-37(36)31-12-2-3-18(31)21(33)29-25-10-8-16(9-11-25)14-30-23(35)20(32)19(28-24(25)30)22(34)27-13-15-4-6-17(26)7-5-15/h4-7,16,18,32H,2-3,8-14H2,1H3,(H,27,34)(H,29,33). The molecule has 2 aromatic rings. The fourth-order valence-electron chi connectivity index (χ4n) is 5.75. The van der Waals surface area contributed by atoms with Crippen LogP contribution in [0.2, 0.25) is 0 Å². The topological polar surface area (TPSA) is 134 Å². The molecule has 2 atom stereocenters. The lowest BCUT2D eigenvalue weighted by molar-refractivity contribution is -0.126. The Balaban J connectivity index is 1.47. The Bertz CT molecular complexity index is 1310. The molecule has 1 saturated carbocycles. The summed E-state index contributed by atoms with van der Waals surface area (Å²) in [6.07, 6.45) is 5.48. The van der Waals surface area contributed by atoms with Gasteiger partial charge in [-0.2, -0.15) is 0 Å². The van der Waals surface area contributed by atoms with E-state index in [2.05, 4.69) is 15.6 Å². The first-order valence-corrected chi connectivity index (χ1v) is 14.0. The molecule has 12 heteroatoms. The van der Waals surface area contributed by atoms with Crippen molar-refractivity contribution in [2.45, 2.75) is 63.2 Å². The number of hydrogen-bond donors (Lipinski definition) is 3. The van der Waals surface area contributed by atoms with E-state index in [0.717, 1.165) is 19.3 Å². The summed E-state index contributed by atoms with van der Waals surface area (Å²) in [6, 6.07) is 5.04. The summed E-state index contributed by atoms with van der Waals surface area (Å²) in [4.78, 5) is 44.2. The predicted octanol–water partition coefficient (Wildman–Crippen LogP) is 1.29. The first-order valence-electron chi connectivity index (χ1n) is 12.5. The fourth-order valence-corrected chi connectivity index (χ4v) is 6.70. The Morgan fingerprint density at radius 3 is 2.59 bits per heavy atom. The highest BCUT2D eigenvalue weighted by molar-refractivity contribution is 7.81. The van der Waals surface area contributed by atoms with E-state index in [0.29, 0.717) is 37.9 Å². The molecule has 4 aliphatic rings. The highest BCUT2D eigenvalue weighted by Gasteiger charge is 2.47. The van der Waals surface area contributed by atoms with Gasteiger partial charge in [-0.15, -0.1) is 0 Å². The number of carbonyl (C=O) groups excluding carboxylic acids is 2. The van der Waals surface area contributed by atoms with E-state index in [4.69, 9.17) is 0 Å². The van der Waals surface area contributed by atoms with Crippen molar-refractivity contribution in [3.63, 3.8) is 0 Å². The second-order valence-corrected chi connectivity index (χ2v) is 11.4. The zero-order valence-corrected chi connectivity index (χ0v) is 21.4. The van der Waals surface area contributed by atoms with Crippen LogP contribution < -0.4 is 16.2 Å². The molecule has 0 radical (unpaired) electrons. The molecule has 198 valence electrons. The minimum Gasteiger partial charge on any atom is -0.501 e. The van der Waals surface area contributed by atoms with Crippen molar-refractivity contribution >= 4 is 22.8 Å². The van der Waals surface area contributed by atoms with Crippen LogP contribution in [0.4, 0.5) is 4.39 Å². The zero-order chi connectivity index (χ0) is 26.3. The zero-order valence-electron chi connectivity index (χ0n) is 20.5. The lowest BCUT2D eigenvalue weighted by atomic mass is 9.77. The fraction of sp³-hybridized carbons (Fsp3) is 0.520. The van der Waals surface area contributed by atoms with Crippen LogP contribution in [0.1, 0.15) is 60.4 Å². The number of aromatic hydroxyl groups is 1. The van der Waals surface area contributed by atoms with E-state index in [-0.39, 0.29) is 24.2 Å². The van der Waals surface area contributed by atoms with Crippen LogP contribution >= 0.6 is 0 Å². The number of hydrogen-bond acceptors (Lipinski definition) is 6. The van der Waals surface area contributed by atoms with Gasteiger partial charge in [0.05, 0.1) is 16.5 Å². The molecule has 0 spiro atoms.